The normalized spacial score (nSPS) is 20.7. The molecule has 1 aromatic heterocycles. The Labute approximate surface area is 135 Å². The molecule has 0 bridgehead atoms. The molecule has 1 N–H and O–H groups in total. The fourth-order valence-electron chi connectivity index (χ4n) is 2.57. The minimum atomic E-state index is 0.210. The maximum absolute atomic E-state index is 4.65. The van der Waals surface area contributed by atoms with Gasteiger partial charge in [-0.15, -0.1) is 11.3 Å². The molecular formula is C18H19N3S. The first kappa shape index (κ1) is 14.7. The van der Waals surface area contributed by atoms with E-state index in [-0.39, 0.29) is 5.92 Å². The van der Waals surface area contributed by atoms with Crippen molar-refractivity contribution >= 4 is 28.3 Å². The maximum Gasteiger partial charge on any atom is 0.0927 e. The molecule has 0 saturated heterocycles. The van der Waals surface area contributed by atoms with E-state index in [4.69, 9.17) is 0 Å². The SMILES string of the molecule is C/C=C(\C=NCC)C1=CN=C2C(Nc3cccs3)=CC=CC12. The largest absolute Gasteiger partial charge is 0.346 e. The van der Waals surface area contributed by atoms with Gasteiger partial charge in [0.05, 0.1) is 16.4 Å². The fraction of sp³-hybridized carbons (Fsp3) is 0.222. The Morgan fingerprint density at radius 1 is 1.50 bits per heavy atom. The number of rotatable bonds is 5. The molecule has 1 aromatic rings. The van der Waals surface area contributed by atoms with Crippen molar-refractivity contribution < 1.29 is 0 Å². The number of nitrogens with zero attached hydrogens (tertiary/aromatic N) is 2. The van der Waals surface area contributed by atoms with Crippen LogP contribution < -0.4 is 5.32 Å². The summed E-state index contributed by atoms with van der Waals surface area (Å²) in [6.07, 6.45) is 12.4. The van der Waals surface area contributed by atoms with E-state index in [0.29, 0.717) is 0 Å². The monoisotopic (exact) mass is 309 g/mol. The van der Waals surface area contributed by atoms with E-state index in [1.165, 1.54) is 5.57 Å². The number of nitrogens with one attached hydrogen (secondary N) is 1. The standard InChI is InChI=1S/C18H19N3S/c1-3-13(11-19-4-2)15-12-20-18-14(15)7-5-8-16(18)21-17-9-6-10-22-17/h3,5-12,14,21H,4H2,1-2H3/b13-3+,19-11?. The average molecular weight is 309 g/mol. The number of aliphatic imine (C=N–C) groups is 2. The van der Waals surface area contributed by atoms with E-state index >= 15 is 0 Å². The Morgan fingerprint density at radius 3 is 3.14 bits per heavy atom. The van der Waals surface area contributed by atoms with Crippen LogP contribution in [0.3, 0.4) is 0 Å². The van der Waals surface area contributed by atoms with E-state index in [9.17, 15) is 0 Å². The van der Waals surface area contributed by atoms with Crippen molar-refractivity contribution in [2.45, 2.75) is 13.8 Å². The number of fused-ring (bicyclic) bond motifs is 1. The van der Waals surface area contributed by atoms with Gasteiger partial charge < -0.3 is 5.32 Å². The molecule has 4 heteroatoms. The second-order valence-electron chi connectivity index (χ2n) is 5.02. The molecule has 0 saturated carbocycles. The van der Waals surface area contributed by atoms with Crippen LogP contribution in [0.15, 0.2) is 74.8 Å². The van der Waals surface area contributed by atoms with Crippen molar-refractivity contribution in [1.29, 1.82) is 0 Å². The quantitative estimate of drug-likeness (QED) is 0.793. The first-order valence-electron chi connectivity index (χ1n) is 7.47. The zero-order valence-electron chi connectivity index (χ0n) is 12.8. The molecule has 0 fully saturated rings. The van der Waals surface area contributed by atoms with E-state index < -0.39 is 0 Å². The van der Waals surface area contributed by atoms with E-state index in [2.05, 4.69) is 51.1 Å². The van der Waals surface area contributed by atoms with Gasteiger partial charge in [0.25, 0.3) is 0 Å². The number of hydrogen-bond acceptors (Lipinski definition) is 4. The van der Waals surface area contributed by atoms with Crippen LogP contribution in [-0.2, 0) is 0 Å². The highest BCUT2D eigenvalue weighted by atomic mass is 32.1. The van der Waals surface area contributed by atoms with Gasteiger partial charge in [-0.2, -0.15) is 0 Å². The van der Waals surface area contributed by atoms with Gasteiger partial charge in [-0.05, 0) is 48.6 Å². The van der Waals surface area contributed by atoms with Gasteiger partial charge in [-0.1, -0.05) is 18.2 Å². The zero-order chi connectivity index (χ0) is 15.4. The molecule has 1 aliphatic heterocycles. The van der Waals surface area contributed by atoms with E-state index in [1.54, 1.807) is 11.3 Å². The molecule has 1 aliphatic carbocycles. The molecular weight excluding hydrogens is 290 g/mol. The lowest BCUT2D eigenvalue weighted by Crippen LogP contribution is -2.21. The van der Waals surface area contributed by atoms with Crippen molar-refractivity contribution in [1.82, 2.24) is 0 Å². The fourth-order valence-corrected chi connectivity index (χ4v) is 3.20. The van der Waals surface area contributed by atoms with E-state index in [1.807, 2.05) is 32.3 Å². The molecule has 0 aromatic carbocycles. The van der Waals surface area contributed by atoms with Crippen LogP contribution in [0.5, 0.6) is 0 Å². The predicted molar refractivity (Wildman–Crippen MR) is 97.0 cm³/mol. The highest BCUT2D eigenvalue weighted by Gasteiger charge is 2.28. The number of thiophene rings is 1. The summed E-state index contributed by atoms with van der Waals surface area (Å²) in [4.78, 5) is 9.02. The molecule has 1 unspecified atom stereocenters. The van der Waals surface area contributed by atoms with Gasteiger partial charge in [0.1, 0.15) is 0 Å². The van der Waals surface area contributed by atoms with Crippen LogP contribution in [0.4, 0.5) is 5.00 Å². The number of allylic oxidation sites excluding steroid dienone is 7. The second kappa shape index (κ2) is 6.71. The van der Waals surface area contributed by atoms with Crippen LogP contribution in [0.25, 0.3) is 0 Å². The molecule has 0 radical (unpaired) electrons. The van der Waals surface area contributed by atoms with Crippen molar-refractivity contribution in [3.05, 3.63) is 64.9 Å². The van der Waals surface area contributed by atoms with Gasteiger partial charge in [0.15, 0.2) is 0 Å². The Kier molecular flexibility index (Phi) is 4.49. The van der Waals surface area contributed by atoms with Crippen molar-refractivity contribution in [2.24, 2.45) is 15.9 Å². The summed E-state index contributed by atoms with van der Waals surface area (Å²) in [5, 5.41) is 6.67. The lowest BCUT2D eigenvalue weighted by atomic mass is 9.87. The molecule has 3 nitrogen and oxygen atoms in total. The molecule has 0 spiro atoms. The molecule has 1 atom stereocenters. The number of anilines is 1. The van der Waals surface area contributed by atoms with Crippen LogP contribution in [0, 0.1) is 5.92 Å². The first-order valence-corrected chi connectivity index (χ1v) is 8.35. The second-order valence-corrected chi connectivity index (χ2v) is 5.96. The number of hydrogen-bond donors (Lipinski definition) is 1. The summed E-state index contributed by atoms with van der Waals surface area (Å²) in [6, 6.07) is 4.12. The van der Waals surface area contributed by atoms with Gasteiger partial charge in [-0.25, -0.2) is 0 Å². The molecule has 22 heavy (non-hydrogen) atoms. The van der Waals surface area contributed by atoms with Crippen LogP contribution in [0.1, 0.15) is 13.8 Å². The van der Waals surface area contributed by atoms with Gasteiger partial charge in [0.2, 0.25) is 0 Å². The summed E-state index contributed by atoms with van der Waals surface area (Å²) >= 11 is 1.69. The Hall–Kier alpha value is -2.20. The minimum absolute atomic E-state index is 0.210. The maximum atomic E-state index is 4.65. The van der Waals surface area contributed by atoms with Gasteiger partial charge in [0, 0.05) is 24.9 Å². The first-order chi connectivity index (χ1) is 10.8. The minimum Gasteiger partial charge on any atom is -0.346 e. The van der Waals surface area contributed by atoms with Crippen molar-refractivity contribution in [2.75, 3.05) is 11.9 Å². The predicted octanol–water partition coefficient (Wildman–Crippen LogP) is 4.61. The summed E-state index contributed by atoms with van der Waals surface area (Å²) in [7, 11) is 0. The summed E-state index contributed by atoms with van der Waals surface area (Å²) < 4.78 is 0. The highest BCUT2D eigenvalue weighted by Crippen LogP contribution is 2.33. The molecule has 112 valence electrons. The third kappa shape index (κ3) is 2.88. The smallest absolute Gasteiger partial charge is 0.0927 e. The van der Waals surface area contributed by atoms with Crippen LogP contribution in [-0.4, -0.2) is 18.5 Å². The topological polar surface area (TPSA) is 36.8 Å². The van der Waals surface area contributed by atoms with Crippen LogP contribution >= 0.6 is 11.3 Å². The molecule has 2 heterocycles. The highest BCUT2D eigenvalue weighted by molar-refractivity contribution is 7.14. The lowest BCUT2D eigenvalue weighted by Gasteiger charge is -2.20. The summed E-state index contributed by atoms with van der Waals surface area (Å²) in [5.41, 5.74) is 4.51. The Balaban J connectivity index is 1.80. The Bertz CT molecular complexity index is 716. The van der Waals surface area contributed by atoms with Gasteiger partial charge >= 0.3 is 0 Å². The molecule has 3 rings (SSSR count). The van der Waals surface area contributed by atoms with E-state index in [0.717, 1.165) is 28.5 Å². The summed E-state index contributed by atoms with van der Waals surface area (Å²) in [5.74, 6) is 0.210. The average Bonchev–Trinajstić information content (AvgIpc) is 3.19. The molecule has 0 amide bonds. The zero-order valence-corrected chi connectivity index (χ0v) is 13.6. The lowest BCUT2D eigenvalue weighted by molar-refractivity contribution is 1.06. The van der Waals surface area contributed by atoms with Crippen molar-refractivity contribution in [3.8, 4) is 0 Å². The Morgan fingerprint density at radius 2 is 2.41 bits per heavy atom. The third-order valence-electron chi connectivity index (χ3n) is 3.65. The summed E-state index contributed by atoms with van der Waals surface area (Å²) in [6.45, 7) is 4.88. The van der Waals surface area contributed by atoms with Crippen molar-refractivity contribution in [3.63, 3.8) is 0 Å². The van der Waals surface area contributed by atoms with Crippen LogP contribution in [0.2, 0.25) is 0 Å². The molecule has 2 aliphatic rings. The third-order valence-corrected chi connectivity index (χ3v) is 4.44. The van der Waals surface area contributed by atoms with Gasteiger partial charge in [-0.3, -0.25) is 9.98 Å².